The zero-order valence-corrected chi connectivity index (χ0v) is 14.3. The molecule has 1 fully saturated rings. The highest BCUT2D eigenvalue weighted by atomic mass is 16.2. The van der Waals surface area contributed by atoms with Crippen LogP contribution in [-0.2, 0) is 16.0 Å². The summed E-state index contributed by atoms with van der Waals surface area (Å²) in [4.78, 5) is 31.6. The van der Waals surface area contributed by atoms with Crippen LogP contribution in [-0.4, -0.2) is 52.8 Å². The number of aromatic nitrogens is 1. The molecule has 0 aromatic carbocycles. The molecule has 1 saturated heterocycles. The normalized spacial score (nSPS) is 16.0. The first-order valence-electron chi connectivity index (χ1n) is 7.90. The third-order valence-corrected chi connectivity index (χ3v) is 4.16. The van der Waals surface area contributed by atoms with E-state index in [0.29, 0.717) is 32.6 Å². The van der Waals surface area contributed by atoms with Crippen LogP contribution < -0.4 is 0 Å². The molecule has 0 unspecified atom stereocenters. The van der Waals surface area contributed by atoms with E-state index in [2.05, 4.69) is 4.98 Å². The van der Waals surface area contributed by atoms with E-state index in [1.807, 2.05) is 50.5 Å². The van der Waals surface area contributed by atoms with Crippen LogP contribution in [0.25, 0.3) is 0 Å². The molecular formula is C17H27N3O2. The average molecular weight is 305 g/mol. The van der Waals surface area contributed by atoms with Crippen molar-refractivity contribution in [3.8, 4) is 0 Å². The highest BCUT2D eigenvalue weighted by Gasteiger charge is 2.30. The molecule has 1 aromatic heterocycles. The van der Waals surface area contributed by atoms with Gasteiger partial charge < -0.3 is 14.8 Å². The van der Waals surface area contributed by atoms with Gasteiger partial charge in [0.15, 0.2) is 0 Å². The second-order valence-electron chi connectivity index (χ2n) is 7.20. The van der Waals surface area contributed by atoms with Crippen LogP contribution in [0.2, 0.25) is 0 Å². The van der Waals surface area contributed by atoms with Gasteiger partial charge in [-0.2, -0.15) is 0 Å². The van der Waals surface area contributed by atoms with Crippen LogP contribution in [0.5, 0.6) is 0 Å². The molecule has 5 heteroatoms. The largest absolute Gasteiger partial charge is 0.362 e. The predicted octanol–water partition coefficient (Wildman–Crippen LogP) is 1.89. The Hall–Kier alpha value is -1.78. The van der Waals surface area contributed by atoms with Crippen molar-refractivity contribution in [3.63, 3.8) is 0 Å². The van der Waals surface area contributed by atoms with Crippen LogP contribution in [0.3, 0.4) is 0 Å². The Kier molecular flexibility index (Phi) is 4.63. The lowest BCUT2D eigenvalue weighted by Crippen LogP contribution is -2.53. The third kappa shape index (κ3) is 3.70. The van der Waals surface area contributed by atoms with Crippen LogP contribution in [0, 0.1) is 19.3 Å². The van der Waals surface area contributed by atoms with Gasteiger partial charge in [0.25, 0.3) is 0 Å². The van der Waals surface area contributed by atoms with Gasteiger partial charge >= 0.3 is 0 Å². The van der Waals surface area contributed by atoms with E-state index < -0.39 is 0 Å². The summed E-state index contributed by atoms with van der Waals surface area (Å²) < 4.78 is 0. The maximum atomic E-state index is 12.4. The average Bonchev–Trinajstić information content (AvgIpc) is 2.75. The van der Waals surface area contributed by atoms with Crippen molar-refractivity contribution in [2.24, 2.45) is 5.41 Å². The van der Waals surface area contributed by atoms with Gasteiger partial charge in [0, 0.05) is 43.0 Å². The molecule has 122 valence electrons. The number of H-pyrrole nitrogens is 1. The molecule has 2 heterocycles. The van der Waals surface area contributed by atoms with Gasteiger partial charge in [0.2, 0.25) is 11.8 Å². The number of nitrogens with one attached hydrogen (secondary N) is 1. The molecule has 2 amide bonds. The van der Waals surface area contributed by atoms with Gasteiger partial charge in [-0.05, 0) is 25.5 Å². The van der Waals surface area contributed by atoms with Crippen molar-refractivity contribution in [1.29, 1.82) is 0 Å². The van der Waals surface area contributed by atoms with Crippen LogP contribution in [0.1, 0.15) is 37.7 Å². The fourth-order valence-corrected chi connectivity index (χ4v) is 2.87. The van der Waals surface area contributed by atoms with Crippen molar-refractivity contribution in [3.05, 3.63) is 23.0 Å². The quantitative estimate of drug-likeness (QED) is 0.907. The van der Waals surface area contributed by atoms with Gasteiger partial charge in [0.05, 0.1) is 6.42 Å². The Balaban J connectivity index is 1.90. The summed E-state index contributed by atoms with van der Waals surface area (Å²) in [7, 11) is 0. The molecule has 1 aromatic rings. The zero-order valence-electron chi connectivity index (χ0n) is 14.3. The van der Waals surface area contributed by atoms with Crippen molar-refractivity contribution in [2.45, 2.75) is 41.0 Å². The fourth-order valence-electron chi connectivity index (χ4n) is 2.87. The van der Waals surface area contributed by atoms with Crippen molar-refractivity contribution >= 4 is 11.8 Å². The number of hydrogen-bond donors (Lipinski definition) is 1. The van der Waals surface area contributed by atoms with Gasteiger partial charge in [0.1, 0.15) is 0 Å². The number of aryl methyl sites for hydroxylation is 2. The molecule has 5 nitrogen and oxygen atoms in total. The summed E-state index contributed by atoms with van der Waals surface area (Å²) in [6.45, 7) is 12.3. The Morgan fingerprint density at radius 1 is 1.09 bits per heavy atom. The number of hydrogen-bond acceptors (Lipinski definition) is 2. The number of nitrogens with zero attached hydrogens (tertiary/aromatic N) is 2. The molecule has 2 rings (SSSR count). The summed E-state index contributed by atoms with van der Waals surface area (Å²) in [6, 6.07) is 2.03. The number of carbonyl (C=O) groups is 2. The van der Waals surface area contributed by atoms with E-state index in [4.69, 9.17) is 0 Å². The Morgan fingerprint density at radius 2 is 1.64 bits per heavy atom. The van der Waals surface area contributed by atoms with Gasteiger partial charge in [-0.1, -0.05) is 20.8 Å². The molecule has 0 saturated carbocycles. The predicted molar refractivity (Wildman–Crippen MR) is 86.6 cm³/mol. The molecule has 1 aliphatic rings. The maximum absolute atomic E-state index is 12.4. The standard InChI is InChI=1S/C17H27N3O2/c1-12-10-14(13(2)18-12)11-15(21)19-6-8-20(9-7-19)16(22)17(3,4)5/h10,18H,6-9,11H2,1-5H3. The Morgan fingerprint density at radius 3 is 2.09 bits per heavy atom. The minimum Gasteiger partial charge on any atom is -0.362 e. The molecule has 0 spiro atoms. The minimum atomic E-state index is -0.355. The number of aromatic amines is 1. The molecule has 1 aliphatic heterocycles. The van der Waals surface area contributed by atoms with E-state index in [1.165, 1.54) is 0 Å². The van der Waals surface area contributed by atoms with Gasteiger partial charge in [-0.15, -0.1) is 0 Å². The monoisotopic (exact) mass is 305 g/mol. The van der Waals surface area contributed by atoms with E-state index in [0.717, 1.165) is 17.0 Å². The molecule has 0 bridgehead atoms. The molecule has 0 radical (unpaired) electrons. The van der Waals surface area contributed by atoms with Crippen LogP contribution in [0.4, 0.5) is 0 Å². The van der Waals surface area contributed by atoms with E-state index in [-0.39, 0.29) is 17.2 Å². The first kappa shape index (κ1) is 16.6. The number of rotatable bonds is 2. The van der Waals surface area contributed by atoms with Crippen LogP contribution >= 0.6 is 0 Å². The summed E-state index contributed by atoms with van der Waals surface area (Å²) in [5.41, 5.74) is 2.86. The summed E-state index contributed by atoms with van der Waals surface area (Å²) in [5, 5.41) is 0. The third-order valence-electron chi connectivity index (χ3n) is 4.16. The van der Waals surface area contributed by atoms with E-state index in [1.54, 1.807) is 0 Å². The Bertz CT molecular complexity index is 561. The first-order valence-corrected chi connectivity index (χ1v) is 7.90. The van der Waals surface area contributed by atoms with Crippen molar-refractivity contribution in [2.75, 3.05) is 26.2 Å². The number of piperazine rings is 1. The maximum Gasteiger partial charge on any atom is 0.228 e. The number of amides is 2. The smallest absolute Gasteiger partial charge is 0.228 e. The summed E-state index contributed by atoms with van der Waals surface area (Å²) >= 11 is 0. The van der Waals surface area contributed by atoms with Crippen molar-refractivity contribution in [1.82, 2.24) is 14.8 Å². The lowest BCUT2D eigenvalue weighted by atomic mass is 9.94. The lowest BCUT2D eigenvalue weighted by molar-refractivity contribution is -0.144. The molecule has 0 aliphatic carbocycles. The Labute approximate surface area is 132 Å². The van der Waals surface area contributed by atoms with Gasteiger partial charge in [-0.3, -0.25) is 9.59 Å². The SMILES string of the molecule is Cc1cc(CC(=O)N2CCN(C(=O)C(C)(C)C)CC2)c(C)[nH]1. The minimum absolute atomic E-state index is 0.143. The molecule has 0 atom stereocenters. The topological polar surface area (TPSA) is 56.4 Å². The van der Waals surface area contributed by atoms with Crippen LogP contribution in [0.15, 0.2) is 6.07 Å². The van der Waals surface area contributed by atoms with E-state index >= 15 is 0 Å². The second-order valence-corrected chi connectivity index (χ2v) is 7.20. The molecular weight excluding hydrogens is 278 g/mol. The highest BCUT2D eigenvalue weighted by molar-refractivity contribution is 5.82. The first-order chi connectivity index (χ1) is 10.2. The van der Waals surface area contributed by atoms with Crippen molar-refractivity contribution < 1.29 is 9.59 Å². The lowest BCUT2D eigenvalue weighted by Gasteiger charge is -2.37. The van der Waals surface area contributed by atoms with Gasteiger partial charge in [-0.25, -0.2) is 0 Å². The molecule has 22 heavy (non-hydrogen) atoms. The zero-order chi connectivity index (χ0) is 16.5. The van der Waals surface area contributed by atoms with E-state index in [9.17, 15) is 9.59 Å². The second kappa shape index (κ2) is 6.15. The summed E-state index contributed by atoms with van der Waals surface area (Å²) in [6.07, 6.45) is 0.434. The highest BCUT2D eigenvalue weighted by Crippen LogP contribution is 2.19. The summed E-state index contributed by atoms with van der Waals surface area (Å²) in [5.74, 6) is 0.307. The molecule has 1 N–H and O–H groups in total. The fraction of sp³-hybridized carbons (Fsp3) is 0.647. The number of carbonyl (C=O) groups excluding carboxylic acids is 2.